The van der Waals surface area contributed by atoms with E-state index in [0.717, 1.165) is 24.2 Å². The molecule has 0 aliphatic heterocycles. The topological polar surface area (TPSA) is 418 Å². The lowest BCUT2D eigenvalue weighted by Crippen LogP contribution is -2.08. The molecule has 0 unspecified atom stereocenters. The molecule has 5 aromatic carbocycles. The number of nitrogens with zero attached hydrogens (tertiary/aromatic N) is 10. The number of pyridine rings is 1. The zero-order valence-electron chi connectivity index (χ0n) is 38.1. The van der Waals surface area contributed by atoms with E-state index in [1.807, 2.05) is 6.07 Å². The van der Waals surface area contributed by atoms with Crippen LogP contribution >= 0.6 is 35.4 Å². The monoisotopic (exact) mass is 1150 g/mol. The van der Waals surface area contributed by atoms with Gasteiger partial charge in [0.05, 0.1) is 74.5 Å². The second kappa shape index (κ2) is 23.3. The van der Waals surface area contributed by atoms with Crippen LogP contribution in [0.1, 0.15) is 23.1 Å². The molecule has 7 N–H and O–H groups in total. The molecule has 0 saturated heterocycles. The van der Waals surface area contributed by atoms with Gasteiger partial charge in [-0.1, -0.05) is 33.5 Å². The quantitative estimate of drug-likeness (QED) is 0.0105. The van der Waals surface area contributed by atoms with Crippen molar-refractivity contribution in [3.63, 3.8) is 0 Å². The summed E-state index contributed by atoms with van der Waals surface area (Å²) in [6, 6.07) is 20.0. The van der Waals surface area contributed by atoms with Crippen LogP contribution in [0.4, 0.5) is 33.6 Å². The van der Waals surface area contributed by atoms with Crippen molar-refractivity contribution in [2.24, 2.45) is 30.7 Å². The van der Waals surface area contributed by atoms with E-state index in [9.17, 15) is 49.8 Å². The number of hydrogen-bond donors (Lipinski definition) is 7. The second-order valence-corrected chi connectivity index (χ2v) is 22.1. The Morgan fingerprint density at radius 3 is 2.15 bits per heavy atom. The highest BCUT2D eigenvalue weighted by Crippen LogP contribution is 2.48. The van der Waals surface area contributed by atoms with Gasteiger partial charge >= 0.3 is 0 Å². The fraction of sp³-hybridized carbons (Fsp3) is 0.146. The maximum atomic E-state index is 12.8. The lowest BCUT2D eigenvalue weighted by molar-refractivity contribution is -0.432. The van der Waals surface area contributed by atoms with Crippen molar-refractivity contribution in [2.45, 2.75) is 35.0 Å². The van der Waals surface area contributed by atoms with Crippen LogP contribution in [0.15, 0.2) is 118 Å². The van der Waals surface area contributed by atoms with E-state index in [2.05, 4.69) is 59.4 Å². The van der Waals surface area contributed by atoms with Crippen molar-refractivity contribution in [1.82, 2.24) is 14.4 Å². The van der Waals surface area contributed by atoms with Gasteiger partial charge in [-0.25, -0.2) is 20.5 Å². The molecule has 75 heavy (non-hydrogen) atoms. The predicted molar refractivity (Wildman–Crippen MR) is 268 cm³/mol. The van der Waals surface area contributed by atoms with Crippen LogP contribution < -0.4 is 4.74 Å². The lowest BCUT2D eigenvalue weighted by Gasteiger charge is -2.13. The van der Waals surface area contributed by atoms with Gasteiger partial charge in [0.1, 0.15) is 39.3 Å². The van der Waals surface area contributed by atoms with Crippen molar-refractivity contribution >= 4 is 137 Å². The molecule has 0 fully saturated rings. The number of aromatic nitrogens is 3. The number of hydrogen-bond acceptors (Lipinski definition) is 27. The summed E-state index contributed by atoms with van der Waals surface area (Å²) in [6.07, 6.45) is 0.568. The van der Waals surface area contributed by atoms with Crippen LogP contribution in [0.5, 0.6) is 17.4 Å². The third-order valence-corrected chi connectivity index (χ3v) is 13.7. The Labute approximate surface area is 434 Å². The van der Waals surface area contributed by atoms with Crippen molar-refractivity contribution in [2.75, 3.05) is 18.6 Å². The molecule has 28 nitrogen and oxygen atoms in total. The molecule has 3 heterocycles. The van der Waals surface area contributed by atoms with Gasteiger partial charge in [0.2, 0.25) is 11.0 Å². The summed E-state index contributed by atoms with van der Waals surface area (Å²) in [4.78, 5) is 8.59. The third-order valence-electron chi connectivity index (χ3n) is 9.96. The highest BCUT2D eigenvalue weighted by atomic mass is 32.2. The summed E-state index contributed by atoms with van der Waals surface area (Å²) in [5.41, 5.74) is 1.37. The van der Waals surface area contributed by atoms with Crippen molar-refractivity contribution in [3.8, 4) is 23.4 Å². The van der Waals surface area contributed by atoms with E-state index in [1.165, 1.54) is 40.9 Å². The number of phenols is 1. The van der Waals surface area contributed by atoms with Gasteiger partial charge in [-0.3, -0.25) is 18.1 Å². The predicted octanol–water partition coefficient (Wildman–Crippen LogP) is 10.7. The average Bonchev–Trinajstić information content (AvgIpc) is 3.94. The smallest absolute Gasteiger partial charge is 0.296 e. The number of rotatable bonds is 18. The number of thiazole rings is 1. The standard InChI is InChI=1S/C40H30N10O15S5.CH4O3S/c1-19-12-28(31(61-10-5-11-69(55,56)57)17-27(19)44-49-40-43-26-9-8-22(67-64-62-53)15-32(26)66-40)45-48-36-33(68-65-63-54)13-21-14-34(70(58,59)60)29(16-23(21)37(36)51)46-47-35-20(2)24(18-41)38-42-25-6-3-4-7-30(25)50(38)39(35)52;1-5(2,3)4/h3-4,6-9,12-17,51-54H,5,10-11H2,1-2H3,(H,55,56,57)(H,58,59,60);1H3,(H,2,3,4). The first-order valence-corrected chi connectivity index (χ1v) is 27.6. The highest BCUT2D eigenvalue weighted by molar-refractivity contribution is 7.95. The average molecular weight is 1150 g/mol. The Kier molecular flexibility index (Phi) is 17.4. The minimum absolute atomic E-state index is 0.00272. The molecule has 0 aliphatic rings. The summed E-state index contributed by atoms with van der Waals surface area (Å²) in [5.74, 6) is -1.80. The van der Waals surface area contributed by atoms with Crippen LogP contribution in [-0.2, 0) is 49.1 Å². The summed E-state index contributed by atoms with van der Waals surface area (Å²) >= 11 is 2.28. The lowest BCUT2D eigenvalue weighted by atomic mass is 10.1. The summed E-state index contributed by atoms with van der Waals surface area (Å²) < 4.78 is 111. The first-order chi connectivity index (χ1) is 35.5. The Bertz CT molecular complexity index is 4010. The van der Waals surface area contributed by atoms with Gasteiger partial charge in [-0.15, -0.1) is 39.4 Å². The van der Waals surface area contributed by atoms with E-state index in [4.69, 9.17) is 19.8 Å². The van der Waals surface area contributed by atoms with Crippen molar-refractivity contribution in [1.29, 1.82) is 5.26 Å². The van der Waals surface area contributed by atoms with E-state index < -0.39 is 58.3 Å². The molecule has 3 aromatic heterocycles. The molecule has 0 saturated carbocycles. The number of phenolic OH excluding ortho intramolecular Hbond substituents is 1. The Balaban J connectivity index is 0.00000157. The first-order valence-electron chi connectivity index (χ1n) is 20.4. The van der Waals surface area contributed by atoms with E-state index in [-0.39, 0.29) is 79.1 Å². The molecule has 0 amide bonds. The van der Waals surface area contributed by atoms with E-state index >= 15 is 0 Å². The summed E-state index contributed by atoms with van der Waals surface area (Å²) in [6.45, 7) is 2.88. The zero-order chi connectivity index (χ0) is 54.4. The van der Waals surface area contributed by atoms with Crippen LogP contribution in [-0.4, -0.2) is 92.6 Å². The van der Waals surface area contributed by atoms with Gasteiger partial charge < -0.3 is 14.9 Å². The van der Waals surface area contributed by atoms with Crippen LogP contribution in [0.25, 0.3) is 37.7 Å². The molecule has 0 radical (unpaired) electrons. The Morgan fingerprint density at radius 1 is 0.773 bits per heavy atom. The van der Waals surface area contributed by atoms with Crippen LogP contribution in [0.2, 0.25) is 0 Å². The normalized spacial score (nSPS) is 12.5. The number of para-hydroxylation sites is 2. The maximum absolute atomic E-state index is 12.8. The zero-order valence-corrected chi connectivity index (χ0v) is 43.0. The second-order valence-electron chi connectivity index (χ2n) is 15.1. The minimum Gasteiger partial charge on any atom is -0.505 e. The molecular formula is C41H34N10O18S6. The molecule has 8 aromatic rings. The summed E-state index contributed by atoms with van der Waals surface area (Å²) in [7, 11) is -13.1. The van der Waals surface area contributed by atoms with E-state index in [0.29, 0.717) is 50.0 Å². The number of benzene rings is 5. The molecule has 392 valence electrons. The van der Waals surface area contributed by atoms with Crippen molar-refractivity contribution in [3.05, 3.63) is 89.5 Å². The van der Waals surface area contributed by atoms with Crippen LogP contribution in [0.3, 0.4) is 0 Å². The van der Waals surface area contributed by atoms with Gasteiger partial charge in [0.15, 0.2) is 17.1 Å². The Morgan fingerprint density at radius 2 is 1.45 bits per heavy atom. The fourth-order valence-corrected chi connectivity index (χ4v) is 9.73. The number of aromatic hydroxyl groups is 2. The van der Waals surface area contributed by atoms with Gasteiger partial charge in [-0.05, 0) is 85.8 Å². The minimum atomic E-state index is -5.08. The van der Waals surface area contributed by atoms with Gasteiger partial charge in [0, 0.05) is 21.9 Å². The largest absolute Gasteiger partial charge is 0.505 e. The number of fused-ring (bicyclic) bond motifs is 5. The highest BCUT2D eigenvalue weighted by Gasteiger charge is 2.25. The van der Waals surface area contributed by atoms with E-state index in [1.54, 1.807) is 49.4 Å². The van der Waals surface area contributed by atoms with Crippen molar-refractivity contribution < 1.29 is 83.1 Å². The molecule has 0 atom stereocenters. The molecule has 8 rings (SSSR count). The van der Waals surface area contributed by atoms with Crippen LogP contribution in [0, 0.1) is 25.2 Å². The fourth-order valence-electron chi connectivity index (χ4n) is 6.81. The number of aryl methyl sites for hydroxylation is 1. The molecular weight excluding hydrogens is 1110 g/mol. The molecule has 0 aliphatic carbocycles. The number of nitriles is 1. The first kappa shape index (κ1) is 55.8. The Hall–Kier alpha value is -6.92. The summed E-state index contributed by atoms with van der Waals surface area (Å²) in [5, 5.41) is 83.6. The number of imidazole rings is 1. The molecule has 0 bridgehead atoms. The van der Waals surface area contributed by atoms with Gasteiger partial charge in [-0.2, -0.15) is 30.5 Å². The molecule has 0 spiro atoms. The SMILES string of the molecule is CS(=O)(=O)O.Cc1cc(N=Nc2c(SOOO)cc3cc(S(=O)(=O)O)c(N=Nc4c(C)c(C#N)c5nc6ccccc6n5c4O)cc3c2O)c(OCCCS(=O)(=O)O)cc1N=Nc1nc2ccc(SOOO)cc2s1. The molecule has 34 heteroatoms. The number of ether oxygens (including phenoxy) is 1. The van der Waals surface area contributed by atoms with Gasteiger partial charge in [0.25, 0.3) is 30.4 Å². The number of azo groups is 3. The maximum Gasteiger partial charge on any atom is 0.296 e. The third kappa shape index (κ3) is 13.7.